The average molecular weight is 368 g/mol. The van der Waals surface area contributed by atoms with E-state index in [-0.39, 0.29) is 17.5 Å². The number of carbonyl (C=O) groups excluding carboxylic acids is 1. The van der Waals surface area contributed by atoms with E-state index in [2.05, 4.69) is 25.9 Å². The van der Waals surface area contributed by atoms with Gasteiger partial charge in [-0.1, -0.05) is 6.08 Å². The molecule has 27 heavy (non-hydrogen) atoms. The lowest BCUT2D eigenvalue weighted by molar-refractivity contribution is -0.129. The van der Waals surface area contributed by atoms with Crippen LogP contribution in [-0.2, 0) is 4.79 Å². The van der Waals surface area contributed by atoms with Crippen LogP contribution in [0.1, 0.15) is 0 Å². The number of aromatic nitrogens is 2. The molecule has 8 nitrogen and oxygen atoms in total. The van der Waals surface area contributed by atoms with Gasteiger partial charge < -0.3 is 25.8 Å². The number of aromatic amines is 1. The molecule has 3 rings (SSSR count). The number of nitrogens with one attached hydrogen (secondary N) is 4. The summed E-state index contributed by atoms with van der Waals surface area (Å²) in [5, 5.41) is 9.19. The number of nitrogens with zero attached hydrogens (tertiary/aromatic N) is 2. The van der Waals surface area contributed by atoms with Gasteiger partial charge in [0.1, 0.15) is 11.5 Å². The maximum Gasteiger partial charge on any atom is 0.271 e. The first-order valence-electron chi connectivity index (χ1n) is 8.84. The number of carbonyl (C=O) groups is 1. The van der Waals surface area contributed by atoms with Crippen LogP contribution >= 0.6 is 0 Å². The average Bonchev–Trinajstić information content (AvgIpc) is 2.65. The van der Waals surface area contributed by atoms with Gasteiger partial charge in [-0.2, -0.15) is 0 Å². The monoisotopic (exact) mass is 368 g/mol. The highest BCUT2D eigenvalue weighted by Gasteiger charge is 2.29. The number of likely N-dealkylation sites (tertiary alicyclic amines) is 1. The summed E-state index contributed by atoms with van der Waals surface area (Å²) in [6.07, 6.45) is 6.77. The molecule has 0 spiro atoms. The van der Waals surface area contributed by atoms with Crippen LogP contribution in [0.5, 0.6) is 0 Å². The maximum atomic E-state index is 12.1. The van der Waals surface area contributed by atoms with Crippen molar-refractivity contribution in [2.45, 2.75) is 6.04 Å². The molecule has 142 valence electrons. The summed E-state index contributed by atoms with van der Waals surface area (Å²) < 4.78 is 0. The van der Waals surface area contributed by atoms with Crippen LogP contribution in [0.15, 0.2) is 47.5 Å². The van der Waals surface area contributed by atoms with E-state index in [1.165, 1.54) is 0 Å². The van der Waals surface area contributed by atoms with E-state index in [0.29, 0.717) is 25.3 Å². The first kappa shape index (κ1) is 18.7. The SMILES string of the molecule is CNC/C=C/C(=O)N1CC(Nc2cc(-c3ccnc(NC)c3)c[nH]c2=O)C1. The first-order valence-corrected chi connectivity index (χ1v) is 8.84. The zero-order valence-corrected chi connectivity index (χ0v) is 15.5. The molecule has 0 atom stereocenters. The smallest absolute Gasteiger partial charge is 0.271 e. The molecule has 1 amide bonds. The van der Waals surface area contributed by atoms with Gasteiger partial charge in [-0.05, 0) is 30.8 Å². The van der Waals surface area contributed by atoms with Crippen LogP contribution in [0, 0.1) is 0 Å². The van der Waals surface area contributed by atoms with Crippen molar-refractivity contribution in [2.75, 3.05) is 44.4 Å². The van der Waals surface area contributed by atoms with Crippen molar-refractivity contribution in [3.63, 3.8) is 0 Å². The molecule has 0 bridgehead atoms. The van der Waals surface area contributed by atoms with Crippen LogP contribution in [-0.4, -0.2) is 60.5 Å². The Morgan fingerprint density at radius 3 is 2.89 bits per heavy atom. The molecule has 2 aromatic heterocycles. The second-order valence-corrected chi connectivity index (χ2v) is 6.36. The molecular formula is C19H24N6O2. The van der Waals surface area contributed by atoms with Gasteiger partial charge >= 0.3 is 0 Å². The number of hydrogen-bond acceptors (Lipinski definition) is 6. The molecule has 0 aliphatic carbocycles. The second kappa shape index (κ2) is 8.50. The Morgan fingerprint density at radius 1 is 1.33 bits per heavy atom. The summed E-state index contributed by atoms with van der Waals surface area (Å²) in [5.41, 5.74) is 2.16. The minimum atomic E-state index is -0.180. The van der Waals surface area contributed by atoms with Crippen molar-refractivity contribution in [2.24, 2.45) is 0 Å². The van der Waals surface area contributed by atoms with Gasteiger partial charge in [-0.25, -0.2) is 4.98 Å². The van der Waals surface area contributed by atoms with Crippen LogP contribution < -0.4 is 21.5 Å². The predicted molar refractivity (Wildman–Crippen MR) is 107 cm³/mol. The lowest BCUT2D eigenvalue weighted by atomic mass is 10.1. The Kier molecular flexibility index (Phi) is 5.87. The lowest BCUT2D eigenvalue weighted by Gasteiger charge is -2.39. The van der Waals surface area contributed by atoms with Gasteiger partial charge in [0.05, 0.1) is 6.04 Å². The summed E-state index contributed by atoms with van der Waals surface area (Å²) in [4.78, 5) is 32.8. The largest absolute Gasteiger partial charge is 0.374 e. The summed E-state index contributed by atoms with van der Waals surface area (Å²) in [7, 11) is 3.64. The predicted octanol–water partition coefficient (Wildman–Crippen LogP) is 0.877. The normalized spacial score (nSPS) is 14.2. The van der Waals surface area contributed by atoms with Crippen LogP contribution in [0.2, 0.25) is 0 Å². The van der Waals surface area contributed by atoms with E-state index >= 15 is 0 Å². The van der Waals surface area contributed by atoms with Crippen LogP contribution in [0.4, 0.5) is 11.5 Å². The van der Waals surface area contributed by atoms with E-state index in [9.17, 15) is 9.59 Å². The Bertz CT molecular complexity index is 886. The fourth-order valence-electron chi connectivity index (χ4n) is 2.86. The van der Waals surface area contributed by atoms with E-state index < -0.39 is 0 Å². The highest BCUT2D eigenvalue weighted by molar-refractivity contribution is 5.88. The first-order chi connectivity index (χ1) is 13.1. The number of likely N-dealkylation sites (N-methyl/N-ethyl adjacent to an activating group) is 1. The van der Waals surface area contributed by atoms with Gasteiger partial charge in [-0.15, -0.1) is 0 Å². The van der Waals surface area contributed by atoms with Gasteiger partial charge in [0.25, 0.3) is 5.56 Å². The summed E-state index contributed by atoms with van der Waals surface area (Å²) in [6.45, 7) is 1.81. The fraction of sp³-hybridized carbons (Fsp3) is 0.316. The van der Waals surface area contributed by atoms with Crippen molar-refractivity contribution < 1.29 is 4.79 Å². The Balaban J connectivity index is 1.65. The topological polar surface area (TPSA) is 102 Å². The van der Waals surface area contributed by atoms with Gasteiger partial charge in [0.15, 0.2) is 0 Å². The third-order valence-corrected chi connectivity index (χ3v) is 4.39. The fourth-order valence-corrected chi connectivity index (χ4v) is 2.86. The van der Waals surface area contributed by atoms with Crippen molar-refractivity contribution in [3.05, 3.63) is 53.1 Å². The third kappa shape index (κ3) is 4.53. The third-order valence-electron chi connectivity index (χ3n) is 4.39. The summed E-state index contributed by atoms with van der Waals surface area (Å²) in [5.74, 6) is 0.745. The molecule has 1 aliphatic heterocycles. The van der Waals surface area contributed by atoms with E-state index in [1.54, 1.807) is 29.4 Å². The number of pyridine rings is 2. The number of hydrogen-bond donors (Lipinski definition) is 4. The molecule has 1 saturated heterocycles. The number of rotatable bonds is 7. The molecule has 0 radical (unpaired) electrons. The van der Waals surface area contributed by atoms with Crippen molar-refractivity contribution >= 4 is 17.4 Å². The van der Waals surface area contributed by atoms with E-state index in [1.807, 2.05) is 32.3 Å². The number of anilines is 2. The highest BCUT2D eigenvalue weighted by Crippen LogP contribution is 2.22. The quantitative estimate of drug-likeness (QED) is 0.541. The molecule has 4 N–H and O–H groups in total. The maximum absolute atomic E-state index is 12.1. The second-order valence-electron chi connectivity index (χ2n) is 6.36. The van der Waals surface area contributed by atoms with Crippen molar-refractivity contribution in [3.8, 4) is 11.1 Å². The zero-order valence-electron chi connectivity index (χ0n) is 15.5. The molecule has 2 aromatic rings. The highest BCUT2D eigenvalue weighted by atomic mass is 16.2. The Morgan fingerprint density at radius 2 is 2.15 bits per heavy atom. The molecule has 8 heteroatoms. The van der Waals surface area contributed by atoms with Crippen LogP contribution in [0.3, 0.4) is 0 Å². The molecular weight excluding hydrogens is 344 g/mol. The van der Waals surface area contributed by atoms with Gasteiger partial charge in [-0.3, -0.25) is 9.59 Å². The molecule has 0 saturated carbocycles. The molecule has 3 heterocycles. The minimum absolute atomic E-state index is 0.0117. The van der Waals surface area contributed by atoms with Gasteiger partial charge in [0, 0.05) is 50.7 Å². The summed E-state index contributed by atoms with van der Waals surface area (Å²) in [6, 6.07) is 5.69. The van der Waals surface area contributed by atoms with Gasteiger partial charge in [0.2, 0.25) is 5.91 Å². The zero-order chi connectivity index (χ0) is 19.2. The Labute approximate surface area is 157 Å². The molecule has 0 aromatic carbocycles. The minimum Gasteiger partial charge on any atom is -0.374 e. The Hall–Kier alpha value is -3.13. The standard InChI is InChI=1S/C19H24N6O2/c1-20-6-3-4-18(26)25-11-15(12-25)24-16-8-14(10-23-19(16)27)13-5-7-22-17(9-13)21-2/h3-5,7-10,15,20,24H,6,11-12H2,1-2H3,(H,21,22)(H,23,27)/b4-3+. The van der Waals surface area contributed by atoms with Crippen molar-refractivity contribution in [1.82, 2.24) is 20.2 Å². The van der Waals surface area contributed by atoms with Crippen molar-refractivity contribution in [1.29, 1.82) is 0 Å². The van der Waals surface area contributed by atoms with E-state index in [4.69, 9.17) is 0 Å². The van der Waals surface area contributed by atoms with E-state index in [0.717, 1.165) is 16.9 Å². The lowest BCUT2D eigenvalue weighted by Crippen LogP contribution is -2.57. The molecule has 1 fully saturated rings. The summed E-state index contributed by atoms with van der Waals surface area (Å²) >= 11 is 0. The number of H-pyrrole nitrogens is 1. The number of amides is 1. The van der Waals surface area contributed by atoms with Crippen LogP contribution in [0.25, 0.3) is 11.1 Å². The molecule has 1 aliphatic rings. The molecule has 0 unspecified atom stereocenters.